The summed E-state index contributed by atoms with van der Waals surface area (Å²) in [5.41, 5.74) is 0.257. The molecule has 1 unspecified atom stereocenters. The molecule has 142 valence electrons. The van der Waals surface area contributed by atoms with E-state index in [1.807, 2.05) is 19.2 Å². The lowest BCUT2D eigenvalue weighted by Crippen LogP contribution is -2.33. The first-order valence-electron chi connectivity index (χ1n) is 8.20. The van der Waals surface area contributed by atoms with E-state index in [1.54, 1.807) is 25.1 Å². The van der Waals surface area contributed by atoms with Gasteiger partial charge in [0.1, 0.15) is 10.9 Å². The summed E-state index contributed by atoms with van der Waals surface area (Å²) in [6, 6.07) is 5.89. The Morgan fingerprint density at radius 3 is 2.56 bits per heavy atom. The quantitative estimate of drug-likeness (QED) is 0.433. The van der Waals surface area contributed by atoms with Gasteiger partial charge in [-0.25, -0.2) is 4.98 Å². The molecule has 0 bridgehead atoms. The molecule has 3 aromatic rings. The largest absolute Gasteiger partial charge is 0.324 e. The molecule has 0 aliphatic heterocycles. The fourth-order valence-electron chi connectivity index (χ4n) is 2.67. The molecule has 1 N–H and O–H groups in total. The first kappa shape index (κ1) is 20.2. The van der Waals surface area contributed by atoms with Gasteiger partial charge in [-0.15, -0.1) is 11.3 Å². The number of nitrogens with one attached hydrogen (secondary N) is 1. The average Bonchev–Trinajstić information content (AvgIpc) is 3.03. The van der Waals surface area contributed by atoms with E-state index in [-0.39, 0.29) is 11.5 Å². The van der Waals surface area contributed by atoms with Crippen LogP contribution in [0, 0.1) is 0 Å². The van der Waals surface area contributed by atoms with Gasteiger partial charge >= 0.3 is 0 Å². The molecule has 9 heteroatoms. The Hall–Kier alpha value is -1.54. The minimum absolute atomic E-state index is 0.216. The Balaban J connectivity index is 2.00. The van der Waals surface area contributed by atoms with Crippen LogP contribution in [0.1, 0.15) is 24.8 Å². The van der Waals surface area contributed by atoms with Gasteiger partial charge in [0.05, 0.1) is 5.39 Å². The zero-order valence-corrected chi connectivity index (χ0v) is 18.0. The summed E-state index contributed by atoms with van der Waals surface area (Å²) in [6.45, 7) is 3.70. The summed E-state index contributed by atoms with van der Waals surface area (Å²) in [4.78, 5) is 32.2. The first-order chi connectivity index (χ1) is 12.8. The number of thioether (sulfide) groups is 1. The van der Waals surface area contributed by atoms with Crippen LogP contribution in [0.3, 0.4) is 0 Å². The Kier molecular flexibility index (Phi) is 6.15. The van der Waals surface area contributed by atoms with E-state index in [9.17, 15) is 9.59 Å². The van der Waals surface area contributed by atoms with Crippen molar-refractivity contribution >= 4 is 68.1 Å². The molecular weight excluding hydrogens is 425 g/mol. The number of nitrogens with zero attached hydrogens (tertiary/aromatic N) is 2. The van der Waals surface area contributed by atoms with E-state index < -0.39 is 6.04 Å². The SMILES string of the molecule is CCc1cc2c(=O)n(C(C)C(=O)Nc3cc(Cl)cc(Cl)c3)c(SC)nc2s1. The number of rotatable bonds is 5. The van der Waals surface area contributed by atoms with Crippen molar-refractivity contribution in [1.82, 2.24) is 9.55 Å². The van der Waals surface area contributed by atoms with Crippen molar-refractivity contribution in [3.63, 3.8) is 0 Å². The minimum atomic E-state index is -0.750. The first-order valence-corrected chi connectivity index (χ1v) is 11.0. The average molecular weight is 442 g/mol. The molecule has 27 heavy (non-hydrogen) atoms. The third kappa shape index (κ3) is 4.16. The van der Waals surface area contributed by atoms with E-state index in [0.29, 0.717) is 31.1 Å². The third-order valence-corrected chi connectivity index (χ3v) is 6.31. The molecule has 1 amide bonds. The molecule has 0 fully saturated rings. The van der Waals surface area contributed by atoms with E-state index in [2.05, 4.69) is 10.3 Å². The number of anilines is 1. The van der Waals surface area contributed by atoms with Crippen molar-refractivity contribution in [1.29, 1.82) is 0 Å². The summed E-state index contributed by atoms with van der Waals surface area (Å²) in [7, 11) is 0. The second-order valence-electron chi connectivity index (χ2n) is 5.88. The molecule has 1 aromatic carbocycles. The summed E-state index contributed by atoms with van der Waals surface area (Å²) < 4.78 is 1.43. The molecule has 0 saturated carbocycles. The number of hydrogen-bond donors (Lipinski definition) is 1. The van der Waals surface area contributed by atoms with Crippen molar-refractivity contribution in [2.45, 2.75) is 31.5 Å². The van der Waals surface area contributed by atoms with Crippen molar-refractivity contribution in [3.05, 3.63) is 49.5 Å². The summed E-state index contributed by atoms with van der Waals surface area (Å²) in [5, 5.41) is 4.64. The lowest BCUT2D eigenvalue weighted by Gasteiger charge is -2.18. The van der Waals surface area contributed by atoms with Crippen molar-refractivity contribution < 1.29 is 4.79 Å². The van der Waals surface area contributed by atoms with Crippen LogP contribution in [0.4, 0.5) is 5.69 Å². The summed E-state index contributed by atoms with van der Waals surface area (Å²) >= 11 is 14.8. The molecule has 2 heterocycles. The zero-order valence-electron chi connectivity index (χ0n) is 14.9. The van der Waals surface area contributed by atoms with E-state index in [4.69, 9.17) is 23.2 Å². The Morgan fingerprint density at radius 1 is 1.30 bits per heavy atom. The summed E-state index contributed by atoms with van der Waals surface area (Å²) in [6.07, 6.45) is 2.67. The molecule has 5 nitrogen and oxygen atoms in total. The van der Waals surface area contributed by atoms with Gasteiger partial charge in [0, 0.05) is 20.6 Å². The van der Waals surface area contributed by atoms with E-state index in [0.717, 1.165) is 11.3 Å². The van der Waals surface area contributed by atoms with Crippen molar-refractivity contribution in [3.8, 4) is 0 Å². The van der Waals surface area contributed by atoms with Gasteiger partial charge in [-0.1, -0.05) is 41.9 Å². The standard InChI is InChI=1S/C18H17Cl2N3O2S2/c1-4-13-8-14-16(27-13)22-18(26-3)23(17(14)25)9(2)15(24)21-12-6-10(19)5-11(20)7-12/h5-9H,4H2,1-3H3,(H,21,24). The monoisotopic (exact) mass is 441 g/mol. The van der Waals surface area contributed by atoms with E-state index in [1.165, 1.54) is 27.7 Å². The van der Waals surface area contributed by atoms with Crippen molar-refractivity contribution in [2.24, 2.45) is 0 Å². The maximum absolute atomic E-state index is 13.0. The number of carbonyl (C=O) groups is 1. The molecule has 0 radical (unpaired) electrons. The van der Waals surface area contributed by atoms with E-state index >= 15 is 0 Å². The molecule has 2 aromatic heterocycles. The number of aromatic nitrogens is 2. The van der Waals surface area contributed by atoms with Crippen LogP contribution in [0.2, 0.25) is 10.0 Å². The number of carbonyl (C=O) groups excluding carboxylic acids is 1. The Bertz CT molecular complexity index is 1060. The smallest absolute Gasteiger partial charge is 0.263 e. The highest BCUT2D eigenvalue weighted by Crippen LogP contribution is 2.27. The molecular formula is C18H17Cl2N3O2S2. The number of fused-ring (bicyclic) bond motifs is 1. The predicted octanol–water partition coefficient (Wildman–Crippen LogP) is 5.25. The van der Waals surface area contributed by atoms with Gasteiger partial charge in [0.2, 0.25) is 5.91 Å². The number of amides is 1. The number of hydrogen-bond acceptors (Lipinski definition) is 5. The van der Waals surface area contributed by atoms with Crippen LogP contribution in [0.25, 0.3) is 10.2 Å². The van der Waals surface area contributed by atoms with Gasteiger partial charge in [0.25, 0.3) is 5.56 Å². The third-order valence-electron chi connectivity index (χ3n) is 4.04. The highest BCUT2D eigenvalue weighted by atomic mass is 35.5. The molecule has 0 spiro atoms. The fourth-order valence-corrected chi connectivity index (χ4v) is 4.84. The highest BCUT2D eigenvalue weighted by Gasteiger charge is 2.23. The molecule has 0 saturated heterocycles. The molecule has 1 atom stereocenters. The lowest BCUT2D eigenvalue weighted by atomic mass is 10.2. The van der Waals surface area contributed by atoms with Gasteiger partial charge < -0.3 is 5.32 Å². The fraction of sp³-hybridized carbons (Fsp3) is 0.278. The molecule has 0 aliphatic rings. The van der Waals surface area contributed by atoms with Gasteiger partial charge in [-0.2, -0.15) is 0 Å². The topological polar surface area (TPSA) is 64.0 Å². The lowest BCUT2D eigenvalue weighted by molar-refractivity contribution is -0.119. The van der Waals surface area contributed by atoms with Crippen LogP contribution in [0.5, 0.6) is 0 Å². The second-order valence-corrected chi connectivity index (χ2v) is 8.64. The second kappa shape index (κ2) is 8.22. The zero-order chi connectivity index (χ0) is 19.7. The Labute approximate surface area is 174 Å². The van der Waals surface area contributed by atoms with Crippen LogP contribution in [-0.4, -0.2) is 21.7 Å². The number of aryl methyl sites for hydroxylation is 1. The predicted molar refractivity (Wildman–Crippen MR) is 115 cm³/mol. The molecule has 0 aliphatic carbocycles. The minimum Gasteiger partial charge on any atom is -0.324 e. The molecule has 3 rings (SSSR count). The summed E-state index contributed by atoms with van der Waals surface area (Å²) in [5.74, 6) is -0.349. The Morgan fingerprint density at radius 2 is 1.96 bits per heavy atom. The maximum Gasteiger partial charge on any atom is 0.263 e. The normalized spacial score (nSPS) is 12.3. The van der Waals surface area contributed by atoms with Gasteiger partial charge in [-0.05, 0) is 43.9 Å². The highest BCUT2D eigenvalue weighted by molar-refractivity contribution is 7.98. The van der Waals surface area contributed by atoms with Gasteiger partial charge in [0.15, 0.2) is 5.16 Å². The van der Waals surface area contributed by atoms with Crippen LogP contribution in [0.15, 0.2) is 34.2 Å². The van der Waals surface area contributed by atoms with Crippen LogP contribution in [-0.2, 0) is 11.2 Å². The van der Waals surface area contributed by atoms with Crippen LogP contribution >= 0.6 is 46.3 Å². The number of benzene rings is 1. The maximum atomic E-state index is 13.0. The van der Waals surface area contributed by atoms with Gasteiger partial charge in [-0.3, -0.25) is 14.2 Å². The number of thiophene rings is 1. The van der Waals surface area contributed by atoms with Crippen LogP contribution < -0.4 is 10.9 Å². The number of halogens is 2. The van der Waals surface area contributed by atoms with Crippen molar-refractivity contribution in [2.75, 3.05) is 11.6 Å².